The van der Waals surface area contributed by atoms with Gasteiger partial charge < -0.3 is 9.84 Å². The summed E-state index contributed by atoms with van der Waals surface area (Å²) in [5, 5.41) is 8.85. The highest BCUT2D eigenvalue weighted by Crippen LogP contribution is 2.14. The number of ether oxygens (including phenoxy) is 1. The number of aliphatic hydroxyl groups is 1. The van der Waals surface area contributed by atoms with Crippen LogP contribution in [-0.4, -0.2) is 17.4 Å². The van der Waals surface area contributed by atoms with E-state index in [1.54, 1.807) is 0 Å². The van der Waals surface area contributed by atoms with Gasteiger partial charge >= 0.3 is 5.97 Å². The molecule has 0 aliphatic heterocycles. The molecule has 78 valence electrons. The van der Waals surface area contributed by atoms with Crippen molar-refractivity contribution >= 4 is 5.97 Å². The number of esters is 1. The van der Waals surface area contributed by atoms with Crippen LogP contribution in [0.4, 0.5) is 0 Å². The van der Waals surface area contributed by atoms with Crippen LogP contribution in [0.2, 0.25) is 0 Å². The third kappa shape index (κ3) is 5.64. The third-order valence-electron chi connectivity index (χ3n) is 2.02. The molecule has 13 heavy (non-hydrogen) atoms. The average molecular weight is 188 g/mol. The van der Waals surface area contributed by atoms with Gasteiger partial charge in [0.1, 0.15) is 0 Å². The zero-order valence-electron chi connectivity index (χ0n) is 8.75. The Morgan fingerprint density at radius 2 is 2.08 bits per heavy atom. The molecule has 0 aliphatic rings. The summed E-state index contributed by atoms with van der Waals surface area (Å²) in [6.45, 7) is 5.50. The van der Waals surface area contributed by atoms with Gasteiger partial charge in [-0.3, -0.25) is 4.79 Å². The highest BCUT2D eigenvalue weighted by Gasteiger charge is 2.18. The molecule has 0 fully saturated rings. The number of rotatable bonds is 6. The smallest absolute Gasteiger partial charge is 0.311 e. The molecule has 3 nitrogen and oxygen atoms in total. The van der Waals surface area contributed by atoms with Crippen molar-refractivity contribution in [1.29, 1.82) is 0 Å². The lowest BCUT2D eigenvalue weighted by Crippen LogP contribution is -2.21. The molecule has 0 aliphatic carbocycles. The van der Waals surface area contributed by atoms with Gasteiger partial charge in [0.2, 0.25) is 0 Å². The number of aliphatic hydroxyl groups excluding tert-OH is 1. The topological polar surface area (TPSA) is 46.5 Å². The summed E-state index contributed by atoms with van der Waals surface area (Å²) in [6, 6.07) is 0. The monoisotopic (exact) mass is 188 g/mol. The Labute approximate surface area is 80.1 Å². The van der Waals surface area contributed by atoms with Gasteiger partial charge in [0.25, 0.3) is 0 Å². The van der Waals surface area contributed by atoms with Crippen LogP contribution < -0.4 is 0 Å². The maximum atomic E-state index is 11.3. The first-order chi connectivity index (χ1) is 6.11. The Bertz CT molecular complexity index is 143. The molecular weight excluding hydrogens is 168 g/mol. The summed E-state index contributed by atoms with van der Waals surface area (Å²) in [4.78, 5) is 11.3. The third-order valence-corrected chi connectivity index (χ3v) is 2.02. The number of hydrogen-bond acceptors (Lipinski definition) is 3. The van der Waals surface area contributed by atoms with Crippen molar-refractivity contribution in [3.05, 3.63) is 0 Å². The molecule has 0 spiro atoms. The lowest BCUT2D eigenvalue weighted by Gasteiger charge is -2.14. The number of carbonyl (C=O) groups excluding carboxylic acids is 1. The molecule has 3 heteroatoms. The van der Waals surface area contributed by atoms with Gasteiger partial charge in [-0.2, -0.15) is 0 Å². The van der Waals surface area contributed by atoms with E-state index in [1.165, 1.54) is 6.92 Å². The Morgan fingerprint density at radius 1 is 1.46 bits per heavy atom. The van der Waals surface area contributed by atoms with Crippen LogP contribution in [0.3, 0.4) is 0 Å². The molecule has 2 atom stereocenters. The molecule has 0 heterocycles. The summed E-state index contributed by atoms with van der Waals surface area (Å²) in [6.07, 6.45) is 2.78. The largest absolute Gasteiger partial charge is 0.436 e. The lowest BCUT2D eigenvalue weighted by atomic mass is 10.00. The SMILES string of the molecule is CCCCC(CC)C(=O)OC(C)O. The predicted molar refractivity (Wildman–Crippen MR) is 51.1 cm³/mol. The molecular formula is C10H20O3. The molecule has 0 aromatic rings. The minimum absolute atomic E-state index is 0.0467. The number of hydrogen-bond donors (Lipinski definition) is 1. The molecule has 1 N–H and O–H groups in total. The average Bonchev–Trinajstić information content (AvgIpc) is 2.04. The Balaban J connectivity index is 3.84. The highest BCUT2D eigenvalue weighted by atomic mass is 16.6. The molecule has 0 radical (unpaired) electrons. The van der Waals surface area contributed by atoms with Gasteiger partial charge in [-0.05, 0) is 19.8 Å². The van der Waals surface area contributed by atoms with Gasteiger partial charge in [-0.1, -0.05) is 26.7 Å². The second kappa shape index (κ2) is 6.89. The second-order valence-corrected chi connectivity index (χ2v) is 3.28. The molecule has 0 aromatic carbocycles. The van der Waals surface area contributed by atoms with Gasteiger partial charge in [0, 0.05) is 0 Å². The molecule has 0 saturated carbocycles. The van der Waals surface area contributed by atoms with E-state index in [9.17, 15) is 4.79 Å². The molecule has 0 bridgehead atoms. The predicted octanol–water partition coefficient (Wildman–Crippen LogP) is 2.08. The molecule has 2 unspecified atom stereocenters. The fraction of sp³-hybridized carbons (Fsp3) is 0.900. The van der Waals surface area contributed by atoms with E-state index in [-0.39, 0.29) is 11.9 Å². The Morgan fingerprint density at radius 3 is 2.46 bits per heavy atom. The Kier molecular flexibility index (Phi) is 6.59. The van der Waals surface area contributed by atoms with Crippen molar-refractivity contribution in [2.45, 2.75) is 52.7 Å². The van der Waals surface area contributed by atoms with Crippen LogP contribution in [-0.2, 0) is 9.53 Å². The fourth-order valence-electron chi connectivity index (χ4n) is 1.20. The van der Waals surface area contributed by atoms with E-state index >= 15 is 0 Å². The summed E-state index contributed by atoms with van der Waals surface area (Å²) >= 11 is 0. The first-order valence-electron chi connectivity index (χ1n) is 5.00. The van der Waals surface area contributed by atoms with Crippen molar-refractivity contribution in [3.63, 3.8) is 0 Å². The van der Waals surface area contributed by atoms with Gasteiger partial charge in [0.05, 0.1) is 5.92 Å². The van der Waals surface area contributed by atoms with Crippen molar-refractivity contribution in [2.24, 2.45) is 5.92 Å². The molecule has 0 saturated heterocycles. The van der Waals surface area contributed by atoms with Gasteiger partial charge in [0.15, 0.2) is 6.29 Å². The van der Waals surface area contributed by atoms with Crippen LogP contribution in [0.5, 0.6) is 0 Å². The van der Waals surface area contributed by atoms with Crippen LogP contribution in [0.1, 0.15) is 46.5 Å². The fourth-order valence-corrected chi connectivity index (χ4v) is 1.20. The molecule has 0 amide bonds. The first-order valence-corrected chi connectivity index (χ1v) is 5.00. The summed E-state index contributed by atoms with van der Waals surface area (Å²) < 4.78 is 4.72. The van der Waals surface area contributed by atoms with Crippen LogP contribution in [0.15, 0.2) is 0 Å². The summed E-state index contributed by atoms with van der Waals surface area (Å²) in [5.74, 6) is -0.319. The van der Waals surface area contributed by atoms with Crippen molar-refractivity contribution in [2.75, 3.05) is 0 Å². The van der Waals surface area contributed by atoms with E-state index in [0.717, 1.165) is 25.7 Å². The van der Waals surface area contributed by atoms with Gasteiger partial charge in [-0.25, -0.2) is 0 Å². The quantitative estimate of drug-likeness (QED) is 0.513. The minimum Gasteiger partial charge on any atom is -0.436 e. The summed E-state index contributed by atoms with van der Waals surface area (Å²) in [5.41, 5.74) is 0. The molecule has 0 aromatic heterocycles. The van der Waals surface area contributed by atoms with Crippen LogP contribution in [0.25, 0.3) is 0 Å². The molecule has 0 rings (SSSR count). The first kappa shape index (κ1) is 12.4. The van der Waals surface area contributed by atoms with Crippen molar-refractivity contribution in [1.82, 2.24) is 0 Å². The Hall–Kier alpha value is -0.570. The van der Waals surface area contributed by atoms with Crippen LogP contribution >= 0.6 is 0 Å². The van der Waals surface area contributed by atoms with E-state index in [2.05, 4.69) is 6.92 Å². The maximum Gasteiger partial charge on any atom is 0.311 e. The van der Waals surface area contributed by atoms with E-state index in [4.69, 9.17) is 9.84 Å². The summed E-state index contributed by atoms with van der Waals surface area (Å²) in [7, 11) is 0. The zero-order valence-corrected chi connectivity index (χ0v) is 8.75. The minimum atomic E-state index is -0.983. The maximum absolute atomic E-state index is 11.3. The number of carbonyl (C=O) groups is 1. The second-order valence-electron chi connectivity index (χ2n) is 3.28. The van der Waals surface area contributed by atoms with E-state index < -0.39 is 6.29 Å². The van der Waals surface area contributed by atoms with Crippen LogP contribution in [0, 0.1) is 5.92 Å². The van der Waals surface area contributed by atoms with Crippen molar-refractivity contribution in [3.8, 4) is 0 Å². The highest BCUT2D eigenvalue weighted by molar-refractivity contribution is 5.72. The standard InChI is InChI=1S/C10H20O3/c1-4-6-7-9(5-2)10(12)13-8(3)11/h8-9,11H,4-7H2,1-3H3. The number of unbranched alkanes of at least 4 members (excludes halogenated alkanes) is 1. The van der Waals surface area contributed by atoms with Crippen molar-refractivity contribution < 1.29 is 14.6 Å². The van der Waals surface area contributed by atoms with Gasteiger partial charge in [-0.15, -0.1) is 0 Å². The van der Waals surface area contributed by atoms with E-state index in [1.807, 2.05) is 6.92 Å². The zero-order chi connectivity index (χ0) is 10.3. The normalized spacial score (nSPS) is 15.1. The van der Waals surface area contributed by atoms with E-state index in [0.29, 0.717) is 0 Å². The lowest BCUT2D eigenvalue weighted by molar-refractivity contribution is -0.170.